The number of aliphatic hydroxyl groups excluding tert-OH is 1. The molecule has 31 heavy (non-hydrogen) atoms. The maximum absolute atomic E-state index is 11.0. The van der Waals surface area contributed by atoms with E-state index < -0.39 is 6.10 Å². The lowest BCUT2D eigenvalue weighted by atomic mass is 9.89. The van der Waals surface area contributed by atoms with Crippen LogP contribution >= 0.6 is 0 Å². The number of nitrogens with zero attached hydrogens (tertiary/aromatic N) is 1. The van der Waals surface area contributed by atoms with Crippen LogP contribution in [0.4, 0.5) is 5.69 Å². The van der Waals surface area contributed by atoms with Crippen molar-refractivity contribution in [1.29, 1.82) is 0 Å². The highest BCUT2D eigenvalue weighted by molar-refractivity contribution is 5.45. The van der Waals surface area contributed by atoms with Crippen LogP contribution in [-0.2, 0) is 6.42 Å². The van der Waals surface area contributed by atoms with Gasteiger partial charge in [0.15, 0.2) is 0 Å². The first kappa shape index (κ1) is 23.8. The third kappa shape index (κ3) is 7.64. The summed E-state index contributed by atoms with van der Waals surface area (Å²) in [7, 11) is 0. The summed E-state index contributed by atoms with van der Waals surface area (Å²) in [6.45, 7) is 6.08. The zero-order valence-electron chi connectivity index (χ0n) is 19.2. The molecular weight excluding hydrogens is 382 g/mol. The van der Waals surface area contributed by atoms with Crippen molar-refractivity contribution in [3.63, 3.8) is 0 Å². The third-order valence-electron chi connectivity index (χ3n) is 6.76. The molecule has 4 N–H and O–H groups in total. The molecule has 0 spiro atoms. The SMILES string of the molecule is C[C@H]([C@@H](O)c1ccc(NCCCCCCN)cc1)N1CCC(Cc2ccccc2)CC1. The first-order valence-corrected chi connectivity index (χ1v) is 12.2. The van der Waals surface area contributed by atoms with Gasteiger partial charge in [0, 0.05) is 18.3 Å². The number of unbranched alkanes of at least 4 members (excludes halogenated alkanes) is 3. The Bertz CT molecular complexity index is 726. The average molecular weight is 424 g/mol. The van der Waals surface area contributed by atoms with Crippen LogP contribution < -0.4 is 11.1 Å². The Morgan fingerprint density at radius 1 is 0.968 bits per heavy atom. The molecule has 1 aliphatic heterocycles. The molecule has 4 heteroatoms. The summed E-state index contributed by atoms with van der Waals surface area (Å²) >= 11 is 0. The number of aliphatic hydroxyl groups is 1. The van der Waals surface area contributed by atoms with Gasteiger partial charge in [-0.05, 0) is 87.8 Å². The molecule has 170 valence electrons. The smallest absolute Gasteiger partial charge is 0.0942 e. The molecule has 0 bridgehead atoms. The Labute approximate surface area is 188 Å². The molecule has 0 aliphatic carbocycles. The summed E-state index contributed by atoms with van der Waals surface area (Å²) in [5.74, 6) is 0.753. The first-order chi connectivity index (χ1) is 15.2. The van der Waals surface area contributed by atoms with E-state index in [0.717, 1.165) is 49.8 Å². The predicted octanol–water partition coefficient (Wildman–Crippen LogP) is 4.99. The molecule has 2 aromatic carbocycles. The molecule has 0 saturated carbocycles. The molecule has 0 radical (unpaired) electrons. The van der Waals surface area contributed by atoms with Crippen LogP contribution in [0.15, 0.2) is 54.6 Å². The van der Waals surface area contributed by atoms with E-state index in [9.17, 15) is 5.11 Å². The Hall–Kier alpha value is -1.88. The second-order valence-electron chi connectivity index (χ2n) is 9.11. The fourth-order valence-electron chi connectivity index (χ4n) is 4.64. The van der Waals surface area contributed by atoms with E-state index in [1.165, 1.54) is 44.1 Å². The monoisotopic (exact) mass is 423 g/mol. The molecule has 4 nitrogen and oxygen atoms in total. The summed E-state index contributed by atoms with van der Waals surface area (Å²) < 4.78 is 0. The fourth-order valence-corrected chi connectivity index (χ4v) is 4.64. The van der Waals surface area contributed by atoms with E-state index in [2.05, 4.69) is 71.7 Å². The third-order valence-corrected chi connectivity index (χ3v) is 6.76. The normalized spacial score (nSPS) is 17.4. The number of hydrogen-bond acceptors (Lipinski definition) is 4. The number of hydrogen-bond donors (Lipinski definition) is 3. The number of benzene rings is 2. The molecule has 1 saturated heterocycles. The van der Waals surface area contributed by atoms with Gasteiger partial charge >= 0.3 is 0 Å². The summed E-state index contributed by atoms with van der Waals surface area (Å²) in [5, 5.41) is 14.4. The van der Waals surface area contributed by atoms with Gasteiger partial charge in [0.25, 0.3) is 0 Å². The van der Waals surface area contributed by atoms with Gasteiger partial charge < -0.3 is 16.2 Å². The highest BCUT2D eigenvalue weighted by atomic mass is 16.3. The molecule has 1 heterocycles. The quantitative estimate of drug-likeness (QED) is 0.421. The van der Waals surface area contributed by atoms with Crippen LogP contribution in [0.25, 0.3) is 0 Å². The van der Waals surface area contributed by atoms with Crippen LogP contribution in [0.2, 0.25) is 0 Å². The van der Waals surface area contributed by atoms with E-state index in [-0.39, 0.29) is 6.04 Å². The molecular formula is C27H41N3O. The molecule has 1 aliphatic rings. The first-order valence-electron chi connectivity index (χ1n) is 12.2. The van der Waals surface area contributed by atoms with E-state index in [1.54, 1.807) is 0 Å². The van der Waals surface area contributed by atoms with E-state index in [0.29, 0.717) is 0 Å². The summed E-state index contributed by atoms with van der Waals surface area (Å²) in [4.78, 5) is 2.46. The molecule has 2 aromatic rings. The van der Waals surface area contributed by atoms with E-state index >= 15 is 0 Å². The zero-order valence-corrected chi connectivity index (χ0v) is 19.2. The maximum atomic E-state index is 11.0. The number of likely N-dealkylation sites (tertiary alicyclic amines) is 1. The van der Waals surface area contributed by atoms with Crippen molar-refractivity contribution < 1.29 is 5.11 Å². The maximum Gasteiger partial charge on any atom is 0.0942 e. The van der Waals surface area contributed by atoms with Crippen molar-refractivity contribution in [1.82, 2.24) is 4.90 Å². The van der Waals surface area contributed by atoms with Gasteiger partial charge in [-0.3, -0.25) is 4.90 Å². The summed E-state index contributed by atoms with van der Waals surface area (Å²) in [6, 6.07) is 19.3. The Morgan fingerprint density at radius 3 is 2.32 bits per heavy atom. The Balaban J connectivity index is 1.41. The van der Waals surface area contributed by atoms with Crippen molar-refractivity contribution in [2.45, 2.75) is 64.0 Å². The lowest BCUT2D eigenvalue weighted by Gasteiger charge is -2.38. The summed E-state index contributed by atoms with van der Waals surface area (Å²) in [6.07, 6.45) is 7.87. The second kappa shape index (κ2) is 12.8. The predicted molar refractivity (Wildman–Crippen MR) is 131 cm³/mol. The van der Waals surface area contributed by atoms with Crippen molar-refractivity contribution >= 4 is 5.69 Å². The van der Waals surface area contributed by atoms with Crippen LogP contribution in [0.5, 0.6) is 0 Å². The Kier molecular flexibility index (Phi) is 9.85. The molecule has 0 aromatic heterocycles. The zero-order chi connectivity index (χ0) is 21.9. The minimum atomic E-state index is -0.448. The highest BCUT2D eigenvalue weighted by Crippen LogP contribution is 2.28. The highest BCUT2D eigenvalue weighted by Gasteiger charge is 2.27. The van der Waals surface area contributed by atoms with Gasteiger partial charge in [-0.15, -0.1) is 0 Å². The van der Waals surface area contributed by atoms with Gasteiger partial charge in [0.1, 0.15) is 0 Å². The summed E-state index contributed by atoms with van der Waals surface area (Å²) in [5.41, 5.74) is 9.12. The van der Waals surface area contributed by atoms with Crippen molar-refractivity contribution in [3.8, 4) is 0 Å². The second-order valence-corrected chi connectivity index (χ2v) is 9.11. The molecule has 3 rings (SSSR count). The lowest BCUT2D eigenvalue weighted by Crippen LogP contribution is -2.43. The molecule has 0 amide bonds. The standard InChI is InChI=1S/C27H41N3O/c1-22(30-19-15-24(16-20-30)21-23-9-5-4-6-10-23)27(31)25-11-13-26(14-12-25)29-18-8-3-2-7-17-28/h4-6,9-14,22,24,27,29,31H,2-3,7-8,15-21,28H2,1H3/t22-,27-/m1/s1. The lowest BCUT2D eigenvalue weighted by molar-refractivity contribution is 0.0373. The topological polar surface area (TPSA) is 61.5 Å². The van der Waals surface area contributed by atoms with E-state index in [4.69, 9.17) is 5.73 Å². The molecule has 2 atom stereocenters. The van der Waals surface area contributed by atoms with Gasteiger partial charge in [-0.25, -0.2) is 0 Å². The molecule has 1 fully saturated rings. The van der Waals surface area contributed by atoms with Crippen molar-refractivity contribution in [3.05, 3.63) is 65.7 Å². The van der Waals surface area contributed by atoms with Crippen LogP contribution in [0, 0.1) is 5.92 Å². The van der Waals surface area contributed by atoms with Gasteiger partial charge in [0.05, 0.1) is 6.10 Å². The van der Waals surface area contributed by atoms with Gasteiger partial charge in [-0.2, -0.15) is 0 Å². The van der Waals surface area contributed by atoms with Gasteiger partial charge in [0.2, 0.25) is 0 Å². The average Bonchev–Trinajstić information content (AvgIpc) is 2.82. The largest absolute Gasteiger partial charge is 0.387 e. The number of piperidine rings is 1. The van der Waals surface area contributed by atoms with Gasteiger partial charge in [-0.1, -0.05) is 55.3 Å². The van der Waals surface area contributed by atoms with E-state index in [1.807, 2.05) is 0 Å². The fraction of sp³-hybridized carbons (Fsp3) is 0.556. The number of nitrogens with two attached hydrogens (primary N) is 1. The number of anilines is 1. The van der Waals surface area contributed by atoms with Crippen molar-refractivity contribution in [2.75, 3.05) is 31.5 Å². The number of rotatable bonds is 12. The Morgan fingerprint density at radius 2 is 1.65 bits per heavy atom. The minimum Gasteiger partial charge on any atom is -0.387 e. The van der Waals surface area contributed by atoms with Crippen molar-refractivity contribution in [2.24, 2.45) is 11.7 Å². The molecule has 0 unspecified atom stereocenters. The van der Waals surface area contributed by atoms with Crippen LogP contribution in [0.3, 0.4) is 0 Å². The number of nitrogens with one attached hydrogen (secondary N) is 1. The minimum absolute atomic E-state index is 0.138. The van der Waals surface area contributed by atoms with Crippen LogP contribution in [0.1, 0.15) is 62.7 Å². The van der Waals surface area contributed by atoms with Crippen LogP contribution in [-0.4, -0.2) is 42.2 Å².